The molecule has 0 unspecified atom stereocenters. The first-order valence-electron chi connectivity index (χ1n) is 54.3. The number of halogens is 6. The zero-order valence-electron chi connectivity index (χ0n) is 86.9. The van der Waals surface area contributed by atoms with Crippen LogP contribution in [0.3, 0.4) is 0 Å². The van der Waals surface area contributed by atoms with Crippen molar-refractivity contribution in [2.75, 3.05) is 119 Å². The number of rotatable bonds is 32. The number of fused-ring (bicyclic) bond motifs is 4. The monoisotopic (exact) mass is 2420 g/mol. The zero-order chi connectivity index (χ0) is 104. The van der Waals surface area contributed by atoms with Gasteiger partial charge in [0.25, 0.3) is 0 Å². The average molecular weight is 2420 g/mol. The van der Waals surface area contributed by atoms with Crippen molar-refractivity contribution in [3.8, 4) is 0 Å². The Morgan fingerprint density at radius 3 is 0.905 bits per heavy atom. The van der Waals surface area contributed by atoms with Crippen molar-refractivity contribution >= 4 is 175 Å². The number of aliphatic hydroxyl groups is 2. The number of nitrogens with zero attached hydrogens (tertiary/aromatic N) is 20. The molecule has 8 aliphatic heterocycles. The summed E-state index contributed by atoms with van der Waals surface area (Å²) in [5.41, 5.74) is 7.50. The van der Waals surface area contributed by atoms with Crippen LogP contribution >= 0.6 is 38.5 Å². The maximum atomic E-state index is 15.8. The number of amides is 8. The van der Waals surface area contributed by atoms with Crippen LogP contribution in [0.25, 0.3) is 22.6 Å². The van der Waals surface area contributed by atoms with Gasteiger partial charge in [-0.05, 0) is 134 Å². The van der Waals surface area contributed by atoms with Gasteiger partial charge in [-0.1, -0.05) is 29.8 Å². The van der Waals surface area contributed by atoms with Crippen molar-refractivity contribution in [3.63, 3.8) is 0 Å². The van der Waals surface area contributed by atoms with Gasteiger partial charge in [0.2, 0.25) is 0 Å². The first-order chi connectivity index (χ1) is 71.8. The standard InChI is InChI=1S/2C22H24FN6O.C21H22BrFN6O2.C21H22FIN6O2.6C4H9.2Sn/c2*1-15-8-11-27(14-15)22(30)25-18-13-24-29-12-9-20(26-21(18)29)28-10-4-7-19(28)16-5-2-3-6-17(16)23;22-13-3-4-16(23)15(10-13)18-2-1-7-28(18)19-6-9-29-20(26-19)17(11-24-29)25-21(31)27-8-5-14(30)12-27;22-16-4-3-13(23)10-15(16)18-2-1-7-28(18)19-6-9-29-20(26-19)17(11-24-29)25-21(31)27-8-5-14(30)12-27;6*1-3-4-2;;/h2*3,5-6,9,12-13,15,19H,4,7-8,10-11,14H2,1H3,(H,25,30);2*3-4,6,9-11,14,18,30H,1-2,5,7-8,12H2,(H,25,31);6*1,3-4H2,2H3;;/t2*15-,19+;2*14-,18+;;;;;;;;/m0000......../s1. The molecule has 8 atom stereocenters. The van der Waals surface area contributed by atoms with E-state index in [1.807, 2.05) is 58.6 Å². The molecule has 0 saturated carbocycles. The van der Waals surface area contributed by atoms with Crippen LogP contribution in [0.4, 0.5) is 82.8 Å². The van der Waals surface area contributed by atoms with Gasteiger partial charge in [0.05, 0.1) is 36.7 Å². The van der Waals surface area contributed by atoms with E-state index in [9.17, 15) is 38.2 Å². The van der Waals surface area contributed by atoms with Crippen LogP contribution in [0.1, 0.15) is 256 Å². The minimum atomic E-state index is -2.72. The maximum Gasteiger partial charge on any atom is 0.322 e. The van der Waals surface area contributed by atoms with Crippen LogP contribution in [0.5, 0.6) is 0 Å². The number of anilines is 8. The Morgan fingerprint density at radius 2 is 0.628 bits per heavy atom. The number of nitrogens with one attached hydrogen (secondary N) is 4. The number of likely N-dealkylation sites (tertiary alicyclic amines) is 4. The second-order valence-electron chi connectivity index (χ2n) is 42.0. The van der Waals surface area contributed by atoms with E-state index < -0.39 is 49.0 Å². The molecule has 0 bridgehead atoms. The van der Waals surface area contributed by atoms with E-state index in [1.54, 1.807) is 89.3 Å². The fourth-order valence-corrected chi connectivity index (χ4v) is 56.2. The molecule has 792 valence electrons. The predicted octanol–water partition coefficient (Wildman–Crippen LogP) is 23.3. The second-order valence-corrected chi connectivity index (χ2v) is 70.7. The third-order valence-electron chi connectivity index (χ3n) is 31.5. The van der Waals surface area contributed by atoms with E-state index in [0.29, 0.717) is 113 Å². The molecule has 6 N–H and O–H groups in total. The third-order valence-corrected chi connectivity index (χ3v) is 63.9. The zero-order valence-corrected chi connectivity index (χ0v) is 96.4. The molecule has 30 nitrogen and oxygen atoms in total. The number of aromatic nitrogens is 12. The molecular formula is C110H146BrF4IN24O6Sn2. The summed E-state index contributed by atoms with van der Waals surface area (Å²) in [5.74, 6) is 3.46. The molecule has 4 aromatic carbocycles. The Balaban J connectivity index is 0.000000136. The summed E-state index contributed by atoms with van der Waals surface area (Å²) < 4.78 is 80.3. The number of carbonyl (C=O) groups is 4. The largest absolute Gasteiger partial charge is 0.391 e. The molecule has 148 heavy (non-hydrogen) atoms. The van der Waals surface area contributed by atoms with Crippen LogP contribution in [-0.4, -0.2) is 240 Å². The molecule has 8 saturated heterocycles. The van der Waals surface area contributed by atoms with Crippen molar-refractivity contribution < 1.29 is 47.0 Å². The van der Waals surface area contributed by atoms with Crippen molar-refractivity contribution in [2.24, 2.45) is 11.8 Å². The Labute approximate surface area is 896 Å². The molecule has 38 heteroatoms. The number of hydrogen-bond acceptors (Lipinski definition) is 18. The SMILES string of the molecule is CCC[CH2][Sn]([CH2]CCC)([CH2]CCC)[c]1ccc(F)c([C@H]2CCCN2c2ccn3ncc(NC(=O)N4CC[C@H](C)C4)c3n2)c1.CCC[CH2][Sn]([CH2]CCC)([CH2]CCC)[c]1ccc(F)c([C@H]2CCCN2c2ccn3ncc(NC(=O)N4CC[C@H](C)C4)c3n2)c1.O=C(Nc1cnn2ccc(N3CCC[C@@H]3c3cc(Br)ccc3F)nc12)N1CC[C@H](O)C1.O=C(Nc1cnn2ccc(N3CCC[C@@H]3c3cc(I)ccc3F)nc12)N1CC[C@H](O)C1. The topological polar surface area (TPSA) is 304 Å². The maximum absolute atomic E-state index is 15.8. The summed E-state index contributed by atoms with van der Waals surface area (Å²) in [7, 11) is 0. The van der Waals surface area contributed by atoms with E-state index in [-0.39, 0.29) is 71.6 Å². The molecular weight excluding hydrogens is 2270 g/mol. The molecule has 0 radical (unpaired) electrons. The predicted molar refractivity (Wildman–Crippen MR) is 595 cm³/mol. The first-order valence-corrected chi connectivity index (χ1v) is 71.1. The molecule has 16 heterocycles. The molecule has 8 aliphatic rings. The van der Waals surface area contributed by atoms with E-state index in [4.69, 9.17) is 19.9 Å². The number of aliphatic hydroxyl groups excluding tert-OH is 2. The molecule has 8 aromatic heterocycles. The van der Waals surface area contributed by atoms with Gasteiger partial charge >= 0.3 is 472 Å². The number of benzene rings is 4. The Bertz CT molecular complexity index is 6150. The van der Waals surface area contributed by atoms with Gasteiger partial charge < -0.3 is 40.4 Å². The third kappa shape index (κ3) is 25.5. The van der Waals surface area contributed by atoms with Crippen molar-refractivity contribution in [3.05, 3.63) is 200 Å². The van der Waals surface area contributed by atoms with Gasteiger partial charge in [-0.2, -0.15) is 10.2 Å². The van der Waals surface area contributed by atoms with Gasteiger partial charge in [0.15, 0.2) is 11.3 Å². The van der Waals surface area contributed by atoms with Crippen LogP contribution in [-0.2, 0) is 0 Å². The van der Waals surface area contributed by atoms with E-state index in [1.165, 1.54) is 123 Å². The minimum Gasteiger partial charge on any atom is -0.391 e. The number of β-amino-alcohol motifs (C(OH)–C–C–N with tert-alkyl or cyclic N) is 2. The second kappa shape index (κ2) is 50.6. The summed E-state index contributed by atoms with van der Waals surface area (Å²) >= 11 is 0.203. The van der Waals surface area contributed by atoms with E-state index in [0.717, 1.165) is 153 Å². The normalized spacial score (nSPS) is 20.0. The Kier molecular flexibility index (Phi) is 37.3. The summed E-state index contributed by atoms with van der Waals surface area (Å²) in [5, 5.41) is 48.6. The van der Waals surface area contributed by atoms with Crippen LogP contribution < -0.4 is 48.0 Å². The van der Waals surface area contributed by atoms with Gasteiger partial charge in [-0.25, -0.2) is 37.4 Å². The molecule has 0 aliphatic carbocycles. The first kappa shape index (κ1) is 109. The molecule has 8 fully saturated rings. The van der Waals surface area contributed by atoms with Crippen molar-refractivity contribution in [1.29, 1.82) is 0 Å². The average Bonchev–Trinajstić information content (AvgIpc) is 1.72. The molecule has 8 amide bonds. The van der Waals surface area contributed by atoms with Crippen LogP contribution in [0.2, 0.25) is 26.6 Å². The van der Waals surface area contributed by atoms with E-state index >= 15 is 8.78 Å². The van der Waals surface area contributed by atoms with Gasteiger partial charge in [0.1, 0.15) is 34.6 Å². The minimum absolute atomic E-state index is 0.0468. The van der Waals surface area contributed by atoms with Crippen LogP contribution in [0.15, 0.2) is 151 Å². The van der Waals surface area contributed by atoms with Gasteiger partial charge in [-0.3, -0.25) is 0 Å². The number of unbranched alkanes of at least 4 members (excludes halogenated alkanes) is 6. The fraction of sp³-hybridized carbons (Fsp3) is 0.527. The smallest absolute Gasteiger partial charge is 0.322 e. The van der Waals surface area contributed by atoms with E-state index in [2.05, 4.69) is 179 Å². The quantitative estimate of drug-likeness (QED) is 0.0130. The van der Waals surface area contributed by atoms with Crippen LogP contribution in [0, 0.1) is 38.7 Å². The Morgan fingerprint density at radius 1 is 0.358 bits per heavy atom. The molecule has 0 spiro atoms. The molecule has 12 aromatic rings. The summed E-state index contributed by atoms with van der Waals surface area (Å²) in [6.07, 6.45) is 38.6. The fourth-order valence-electron chi connectivity index (χ4n) is 23.3. The van der Waals surface area contributed by atoms with Crippen molar-refractivity contribution in [1.82, 2.24) is 78.0 Å². The van der Waals surface area contributed by atoms with Gasteiger partial charge in [-0.15, -0.1) is 0 Å². The Hall–Kier alpha value is -9.91. The summed E-state index contributed by atoms with van der Waals surface area (Å²) in [6.45, 7) is 26.1. The number of urea groups is 4. The number of hydrogen-bond donors (Lipinski definition) is 6. The van der Waals surface area contributed by atoms with Crippen molar-refractivity contribution in [2.45, 2.75) is 272 Å². The summed E-state index contributed by atoms with van der Waals surface area (Å²) in [6, 6.07) is 29.3. The summed E-state index contributed by atoms with van der Waals surface area (Å²) in [4.78, 5) is 86.0. The number of carbonyl (C=O) groups excluding carboxylic acids is 4. The van der Waals surface area contributed by atoms with Gasteiger partial charge in [0, 0.05) is 97.0 Å². The molecule has 20 rings (SSSR count).